The van der Waals surface area contributed by atoms with Crippen LogP contribution in [0.15, 0.2) is 63.0 Å². The summed E-state index contributed by atoms with van der Waals surface area (Å²) in [6.07, 6.45) is -0.712. The van der Waals surface area contributed by atoms with E-state index < -0.39 is 6.17 Å². The standard InChI is InChI=1S/C18H16Cl2N7O/c1-27(11-6-4-5-10(19)9-11)15(24-17(21)25-18(27)22)14-23-16(28-26-14)12-7-2-3-8-13(12)20/h2-9,15H,1H3,(H4,21,22,24,25)/q+1. The molecule has 0 aliphatic carbocycles. The Morgan fingerprint density at radius 1 is 1.07 bits per heavy atom. The second-order valence-electron chi connectivity index (χ2n) is 6.32. The minimum atomic E-state index is -0.712. The summed E-state index contributed by atoms with van der Waals surface area (Å²) in [7, 11) is 1.83. The molecule has 0 saturated carbocycles. The first kappa shape index (κ1) is 18.4. The van der Waals surface area contributed by atoms with Gasteiger partial charge in [0.05, 0.1) is 17.6 Å². The van der Waals surface area contributed by atoms with Gasteiger partial charge in [0.25, 0.3) is 17.9 Å². The van der Waals surface area contributed by atoms with Gasteiger partial charge in [-0.05, 0) is 24.3 Å². The molecular weight excluding hydrogens is 401 g/mol. The van der Waals surface area contributed by atoms with Gasteiger partial charge in [-0.2, -0.15) is 9.98 Å². The molecule has 1 aliphatic heterocycles. The SMILES string of the molecule is C[N+]1(c2cccc(Cl)c2)C(N)=NC(N)=NC1c1noc(-c2ccccc2Cl)n1. The van der Waals surface area contributed by atoms with Crippen molar-refractivity contribution < 1.29 is 4.52 Å². The van der Waals surface area contributed by atoms with Gasteiger partial charge >= 0.3 is 5.96 Å². The van der Waals surface area contributed by atoms with E-state index in [1.54, 1.807) is 24.3 Å². The van der Waals surface area contributed by atoms with Gasteiger partial charge in [0.1, 0.15) is 5.69 Å². The van der Waals surface area contributed by atoms with Crippen molar-refractivity contribution in [3.05, 3.63) is 64.4 Å². The number of aromatic nitrogens is 2. The van der Waals surface area contributed by atoms with Crippen LogP contribution in [-0.4, -0.2) is 29.1 Å². The lowest BCUT2D eigenvalue weighted by atomic mass is 10.2. The summed E-state index contributed by atoms with van der Waals surface area (Å²) in [6, 6.07) is 14.4. The predicted octanol–water partition coefficient (Wildman–Crippen LogP) is 3.32. The van der Waals surface area contributed by atoms with Crippen LogP contribution in [0.4, 0.5) is 5.69 Å². The number of hydrogen-bond acceptors (Lipinski definition) is 7. The van der Waals surface area contributed by atoms with E-state index in [2.05, 4.69) is 20.1 Å². The van der Waals surface area contributed by atoms with Crippen LogP contribution in [0.2, 0.25) is 10.0 Å². The minimum absolute atomic E-state index is 0.0317. The molecule has 1 aliphatic rings. The molecule has 2 atom stereocenters. The highest BCUT2D eigenvalue weighted by molar-refractivity contribution is 6.33. The smallest absolute Gasteiger partial charge is 0.310 e. The molecule has 1 aromatic heterocycles. The Labute approximate surface area is 170 Å². The Bertz CT molecular complexity index is 1110. The zero-order chi connectivity index (χ0) is 19.9. The van der Waals surface area contributed by atoms with Gasteiger partial charge in [0.2, 0.25) is 5.96 Å². The first-order valence-electron chi connectivity index (χ1n) is 8.28. The first-order chi connectivity index (χ1) is 13.4. The molecule has 2 heterocycles. The van der Waals surface area contributed by atoms with E-state index in [4.69, 9.17) is 39.2 Å². The molecule has 0 radical (unpaired) electrons. The number of guanidine groups is 2. The third-order valence-electron chi connectivity index (χ3n) is 4.57. The van der Waals surface area contributed by atoms with Crippen LogP contribution in [0, 0.1) is 0 Å². The van der Waals surface area contributed by atoms with E-state index in [0.717, 1.165) is 5.69 Å². The summed E-state index contributed by atoms with van der Waals surface area (Å²) in [5, 5.41) is 5.15. The van der Waals surface area contributed by atoms with Crippen LogP contribution in [-0.2, 0) is 0 Å². The lowest BCUT2D eigenvalue weighted by molar-refractivity contribution is 0.335. The Morgan fingerprint density at radius 3 is 2.61 bits per heavy atom. The molecule has 4 N–H and O–H groups in total. The number of aliphatic imine (C=N–C) groups is 2. The lowest BCUT2D eigenvalue weighted by Crippen LogP contribution is -2.59. The zero-order valence-corrected chi connectivity index (χ0v) is 16.3. The summed E-state index contributed by atoms with van der Waals surface area (Å²) >= 11 is 12.4. The van der Waals surface area contributed by atoms with Crippen molar-refractivity contribution in [3.63, 3.8) is 0 Å². The van der Waals surface area contributed by atoms with Crippen molar-refractivity contribution in [3.8, 4) is 11.5 Å². The van der Waals surface area contributed by atoms with Crippen molar-refractivity contribution in [2.75, 3.05) is 7.05 Å². The summed E-state index contributed by atoms with van der Waals surface area (Å²) < 4.78 is 5.40. The van der Waals surface area contributed by atoms with Crippen molar-refractivity contribution in [1.82, 2.24) is 14.6 Å². The van der Waals surface area contributed by atoms with Gasteiger partial charge in [-0.15, -0.1) is 4.99 Å². The van der Waals surface area contributed by atoms with Crippen LogP contribution >= 0.6 is 23.2 Å². The van der Waals surface area contributed by atoms with Gasteiger partial charge in [-0.25, -0.2) is 4.48 Å². The van der Waals surface area contributed by atoms with Crippen molar-refractivity contribution >= 4 is 40.8 Å². The fourth-order valence-electron chi connectivity index (χ4n) is 3.03. The van der Waals surface area contributed by atoms with Gasteiger partial charge in [0.15, 0.2) is 0 Å². The maximum absolute atomic E-state index is 6.27. The molecular formula is C18H16Cl2N7O+. The highest BCUT2D eigenvalue weighted by Gasteiger charge is 2.46. The fraction of sp³-hybridized carbons (Fsp3) is 0.111. The topological polar surface area (TPSA) is 116 Å². The molecule has 0 spiro atoms. The summed E-state index contributed by atoms with van der Waals surface area (Å²) in [5.74, 6) is 0.819. The maximum atomic E-state index is 6.27. The zero-order valence-electron chi connectivity index (χ0n) is 14.8. The molecule has 2 aromatic carbocycles. The molecule has 10 heteroatoms. The number of rotatable bonds is 3. The molecule has 0 amide bonds. The van der Waals surface area contributed by atoms with Crippen LogP contribution in [0.25, 0.3) is 11.5 Å². The predicted molar refractivity (Wildman–Crippen MR) is 110 cm³/mol. The Kier molecular flexibility index (Phi) is 4.54. The molecule has 3 aromatic rings. The fourth-order valence-corrected chi connectivity index (χ4v) is 3.43. The van der Waals surface area contributed by atoms with E-state index in [9.17, 15) is 0 Å². The first-order valence-corrected chi connectivity index (χ1v) is 9.04. The molecule has 0 saturated heterocycles. The van der Waals surface area contributed by atoms with E-state index >= 15 is 0 Å². The van der Waals surface area contributed by atoms with Gasteiger partial charge in [-0.3, -0.25) is 0 Å². The number of quaternary nitrogens is 1. The monoisotopic (exact) mass is 416 g/mol. The molecule has 0 bridgehead atoms. The van der Waals surface area contributed by atoms with E-state index in [1.807, 2.05) is 31.3 Å². The van der Waals surface area contributed by atoms with Crippen molar-refractivity contribution in [2.24, 2.45) is 21.5 Å². The van der Waals surface area contributed by atoms with E-state index in [0.29, 0.717) is 15.6 Å². The average molecular weight is 417 g/mol. The molecule has 2 unspecified atom stereocenters. The minimum Gasteiger partial charge on any atom is -0.368 e. The van der Waals surface area contributed by atoms with Gasteiger partial charge in [0, 0.05) is 11.1 Å². The Morgan fingerprint density at radius 2 is 1.86 bits per heavy atom. The lowest BCUT2D eigenvalue weighted by Gasteiger charge is -2.37. The van der Waals surface area contributed by atoms with Crippen molar-refractivity contribution in [2.45, 2.75) is 6.17 Å². The third kappa shape index (κ3) is 3.01. The number of nitrogens with zero attached hydrogens (tertiary/aromatic N) is 5. The maximum Gasteiger partial charge on any atom is 0.310 e. The van der Waals surface area contributed by atoms with E-state index in [-0.39, 0.29) is 28.1 Å². The highest BCUT2D eigenvalue weighted by atomic mass is 35.5. The van der Waals surface area contributed by atoms with Crippen LogP contribution in [0.3, 0.4) is 0 Å². The van der Waals surface area contributed by atoms with Gasteiger partial charge in [-0.1, -0.05) is 46.6 Å². The van der Waals surface area contributed by atoms with Crippen LogP contribution in [0.5, 0.6) is 0 Å². The molecule has 142 valence electrons. The molecule has 8 nitrogen and oxygen atoms in total. The second kappa shape index (κ2) is 6.90. The Hall–Kier alpha value is -2.94. The summed E-state index contributed by atoms with van der Waals surface area (Å²) in [4.78, 5) is 13.1. The number of halogens is 2. The normalized spacial score (nSPS) is 21.9. The summed E-state index contributed by atoms with van der Waals surface area (Å²) in [5.41, 5.74) is 13.5. The van der Waals surface area contributed by atoms with Crippen LogP contribution < -0.4 is 16.0 Å². The molecule has 4 rings (SSSR count). The Balaban J connectivity index is 1.83. The number of benzene rings is 2. The summed E-state index contributed by atoms with van der Waals surface area (Å²) in [6.45, 7) is 0. The number of hydrogen-bond donors (Lipinski definition) is 2. The van der Waals surface area contributed by atoms with Crippen molar-refractivity contribution in [1.29, 1.82) is 0 Å². The van der Waals surface area contributed by atoms with Gasteiger partial charge < -0.3 is 16.0 Å². The highest BCUT2D eigenvalue weighted by Crippen LogP contribution is 2.37. The largest absolute Gasteiger partial charge is 0.368 e. The van der Waals surface area contributed by atoms with Crippen LogP contribution in [0.1, 0.15) is 12.0 Å². The third-order valence-corrected chi connectivity index (χ3v) is 5.13. The number of nitrogens with two attached hydrogens (primary N) is 2. The average Bonchev–Trinajstić information content (AvgIpc) is 3.14. The molecule has 28 heavy (non-hydrogen) atoms. The second-order valence-corrected chi connectivity index (χ2v) is 7.17. The quantitative estimate of drug-likeness (QED) is 0.635. The molecule has 0 fully saturated rings. The van der Waals surface area contributed by atoms with E-state index in [1.165, 1.54) is 0 Å².